The van der Waals surface area contributed by atoms with E-state index in [1.807, 2.05) is 12.3 Å². The van der Waals surface area contributed by atoms with Gasteiger partial charge in [-0.3, -0.25) is 0 Å². The van der Waals surface area contributed by atoms with Crippen LogP contribution >= 0.6 is 0 Å². The monoisotopic (exact) mass is 388 g/mol. The quantitative estimate of drug-likeness (QED) is 0.430. The first-order chi connectivity index (χ1) is 13.1. The van der Waals surface area contributed by atoms with Crippen molar-refractivity contribution in [3.05, 3.63) is 47.1 Å². The zero-order valence-electron chi connectivity index (χ0n) is 15.9. The molecule has 2 unspecified atom stereocenters. The van der Waals surface area contributed by atoms with Crippen molar-refractivity contribution in [3.8, 4) is 0 Å². The molecule has 3 N–H and O–H groups in total. The molecule has 6 heteroatoms. The van der Waals surface area contributed by atoms with Crippen LogP contribution in [0.15, 0.2) is 47.1 Å². The second kappa shape index (κ2) is 8.09. The number of allylic oxidation sites excluding steroid dienone is 6. The number of nitrogens with two attached hydrogens (primary N) is 1. The van der Waals surface area contributed by atoms with Crippen LogP contribution in [-0.2, 0) is 11.9 Å². The summed E-state index contributed by atoms with van der Waals surface area (Å²) in [6.07, 6.45) is 13.8. The third-order valence-electron chi connectivity index (χ3n) is 5.84. The van der Waals surface area contributed by atoms with Crippen molar-refractivity contribution < 1.29 is 4.39 Å². The predicted octanol–water partition coefficient (Wildman–Crippen LogP) is 1.93. The van der Waals surface area contributed by atoms with Crippen molar-refractivity contribution in [3.63, 3.8) is 0 Å². The maximum atomic E-state index is 14.0. The fraction of sp³-hybridized carbons (Fsp3) is 0.524. The van der Waals surface area contributed by atoms with Gasteiger partial charge in [-0.15, -0.1) is 4.31 Å². The number of fused-ring (bicyclic) bond motifs is 1. The maximum Gasteiger partial charge on any atom is 0.353 e. The Kier molecular flexibility index (Phi) is 5.58. The summed E-state index contributed by atoms with van der Waals surface area (Å²) in [7, 11) is 0. The van der Waals surface area contributed by atoms with Crippen molar-refractivity contribution in [2.75, 3.05) is 18.8 Å². The second-order valence-electron chi connectivity index (χ2n) is 7.67. The van der Waals surface area contributed by atoms with Crippen molar-refractivity contribution in [2.24, 2.45) is 17.6 Å². The number of nitrogens with one attached hydrogen (secondary N) is 1. The lowest BCUT2D eigenvalue weighted by atomic mass is 9.77. The number of halogens is 1. The fourth-order valence-electron chi connectivity index (χ4n) is 4.35. The van der Waals surface area contributed by atoms with E-state index in [1.165, 1.54) is 23.3 Å². The standard InChI is InChI=1S/C21H28FN4S/c1-2-27-26-9-6-17(7-10-26)25-20-13-16(11-15-5-8-24-21(15)20)14-3-4-19(23)18(22)12-14/h4-5,8,12-14,16-17,25H,2-3,6-7,9-11,23H2,1H3/q+1/p+1. The van der Waals surface area contributed by atoms with Crippen molar-refractivity contribution in [1.82, 2.24) is 14.3 Å². The Morgan fingerprint density at radius 1 is 1.30 bits per heavy atom. The lowest BCUT2D eigenvalue weighted by molar-refractivity contribution is 0.320. The molecule has 0 aromatic heterocycles. The molecule has 2 aliphatic carbocycles. The molecule has 0 saturated carbocycles. The highest BCUT2D eigenvalue weighted by Crippen LogP contribution is 2.36. The van der Waals surface area contributed by atoms with E-state index in [9.17, 15) is 4.39 Å². The minimum Gasteiger partial charge on any atom is -0.397 e. The molecule has 4 aliphatic rings. The van der Waals surface area contributed by atoms with Crippen LogP contribution in [0, 0.1) is 11.8 Å². The molecule has 0 spiro atoms. The minimum absolute atomic E-state index is 0.155. The summed E-state index contributed by atoms with van der Waals surface area (Å²) in [6, 6.07) is 0.483. The number of hydrogen-bond donors (Lipinski definition) is 2. The third kappa shape index (κ3) is 4.08. The van der Waals surface area contributed by atoms with Crippen LogP contribution in [0.3, 0.4) is 0 Å². The smallest absolute Gasteiger partial charge is 0.353 e. The molecule has 2 atom stereocenters. The molecule has 2 heterocycles. The Morgan fingerprint density at radius 3 is 2.85 bits per heavy atom. The molecule has 1 saturated heterocycles. The average Bonchev–Trinajstić information content (AvgIpc) is 3.15. The molecule has 27 heavy (non-hydrogen) atoms. The molecular formula is C21H29FN4S+2. The van der Waals surface area contributed by atoms with E-state index in [-0.39, 0.29) is 23.4 Å². The van der Waals surface area contributed by atoms with Crippen LogP contribution in [0.25, 0.3) is 0 Å². The zero-order valence-corrected chi connectivity index (χ0v) is 16.8. The minimum atomic E-state index is -0.275. The highest BCUT2D eigenvalue weighted by atomic mass is 32.2. The Balaban J connectivity index is 1.47. The molecule has 2 aliphatic heterocycles. The number of nitrogens with zero attached hydrogens (tertiary/aromatic N) is 2. The van der Waals surface area contributed by atoms with Gasteiger partial charge in [0, 0.05) is 25.2 Å². The van der Waals surface area contributed by atoms with E-state index in [1.54, 1.807) is 6.08 Å². The fourth-order valence-corrected chi connectivity index (χ4v) is 5.26. The van der Waals surface area contributed by atoms with Crippen LogP contribution in [0.1, 0.15) is 32.6 Å². The van der Waals surface area contributed by atoms with Gasteiger partial charge in [0.15, 0.2) is 0 Å². The molecule has 144 valence electrons. The SMILES string of the molecule is CC[SH+]N1CCC(NC2=CC(C3C=C(F)C(N)=CC3)CC3=CC=[N+]=C32)CC1. The van der Waals surface area contributed by atoms with Gasteiger partial charge in [0.2, 0.25) is 0 Å². The van der Waals surface area contributed by atoms with E-state index >= 15 is 0 Å². The summed E-state index contributed by atoms with van der Waals surface area (Å²) in [5.41, 5.74) is 9.44. The molecular weight excluding hydrogens is 359 g/mol. The summed E-state index contributed by atoms with van der Waals surface area (Å²) < 4.78 is 21.1. The van der Waals surface area contributed by atoms with Gasteiger partial charge >= 0.3 is 5.71 Å². The van der Waals surface area contributed by atoms with Gasteiger partial charge in [0.1, 0.15) is 17.3 Å². The number of piperidine rings is 1. The molecule has 4 nitrogen and oxygen atoms in total. The molecule has 0 bridgehead atoms. The first-order valence-corrected chi connectivity index (χ1v) is 11.0. The maximum absolute atomic E-state index is 14.0. The van der Waals surface area contributed by atoms with Crippen LogP contribution in [0.5, 0.6) is 0 Å². The van der Waals surface area contributed by atoms with Gasteiger partial charge in [0.25, 0.3) is 6.21 Å². The lowest BCUT2D eigenvalue weighted by Gasteiger charge is -2.31. The molecule has 0 aromatic carbocycles. The summed E-state index contributed by atoms with van der Waals surface area (Å²) in [5.74, 6) is 1.35. The summed E-state index contributed by atoms with van der Waals surface area (Å²) >= 11 is 1.44. The van der Waals surface area contributed by atoms with Crippen molar-refractivity contribution >= 4 is 23.9 Å². The van der Waals surface area contributed by atoms with Gasteiger partial charge in [0.05, 0.1) is 23.2 Å². The molecule has 0 aromatic rings. The Hall–Kier alpha value is -1.75. The number of hydrogen-bond acceptors (Lipinski definition) is 3. The summed E-state index contributed by atoms with van der Waals surface area (Å²) in [6.45, 7) is 4.52. The Bertz CT molecular complexity index is 780. The van der Waals surface area contributed by atoms with Crippen molar-refractivity contribution in [2.45, 2.75) is 38.6 Å². The van der Waals surface area contributed by atoms with Gasteiger partial charge in [-0.05, 0) is 56.6 Å². The first kappa shape index (κ1) is 18.6. The van der Waals surface area contributed by atoms with Crippen LogP contribution in [0.4, 0.5) is 4.39 Å². The van der Waals surface area contributed by atoms with E-state index in [4.69, 9.17) is 5.73 Å². The third-order valence-corrected chi connectivity index (χ3v) is 6.93. The van der Waals surface area contributed by atoms with E-state index in [2.05, 4.69) is 33.4 Å². The van der Waals surface area contributed by atoms with Crippen LogP contribution < -0.4 is 15.7 Å². The molecule has 4 rings (SSSR count). The summed E-state index contributed by atoms with van der Waals surface area (Å²) in [4.78, 5) is 0. The predicted molar refractivity (Wildman–Crippen MR) is 114 cm³/mol. The van der Waals surface area contributed by atoms with E-state index in [0.29, 0.717) is 6.04 Å². The van der Waals surface area contributed by atoms with Gasteiger partial charge in [-0.1, -0.05) is 10.7 Å². The number of rotatable bonds is 5. The first-order valence-electron chi connectivity index (χ1n) is 9.99. The van der Waals surface area contributed by atoms with Crippen molar-refractivity contribution in [1.29, 1.82) is 0 Å². The zero-order chi connectivity index (χ0) is 18.8. The highest BCUT2D eigenvalue weighted by Gasteiger charge is 2.37. The van der Waals surface area contributed by atoms with Gasteiger partial charge in [-0.25, -0.2) is 4.39 Å². The largest absolute Gasteiger partial charge is 0.397 e. The molecule has 0 radical (unpaired) electrons. The lowest BCUT2D eigenvalue weighted by Crippen LogP contribution is -2.44. The topological polar surface area (TPSA) is 55.4 Å². The average molecular weight is 389 g/mol. The van der Waals surface area contributed by atoms with Crippen LogP contribution in [-0.4, -0.2) is 41.1 Å². The second-order valence-corrected chi connectivity index (χ2v) is 9.15. The Labute approximate surface area is 165 Å². The molecule has 1 fully saturated rings. The van der Waals surface area contributed by atoms with Gasteiger partial charge < -0.3 is 11.1 Å². The highest BCUT2D eigenvalue weighted by molar-refractivity contribution is 7.76. The van der Waals surface area contributed by atoms with Gasteiger partial charge in [-0.2, -0.15) is 0 Å². The molecule has 0 amide bonds. The normalized spacial score (nSPS) is 28.7. The van der Waals surface area contributed by atoms with E-state index in [0.717, 1.165) is 50.2 Å². The van der Waals surface area contributed by atoms with Crippen LogP contribution in [0.2, 0.25) is 0 Å². The number of thiol groups is 1. The van der Waals surface area contributed by atoms with E-state index < -0.39 is 0 Å². The Morgan fingerprint density at radius 2 is 2.11 bits per heavy atom. The summed E-state index contributed by atoms with van der Waals surface area (Å²) in [5, 5.41) is 3.77.